The van der Waals surface area contributed by atoms with Crippen LogP contribution in [0.5, 0.6) is 5.75 Å². The molecule has 0 aliphatic carbocycles. The Morgan fingerprint density at radius 2 is 1.59 bits per heavy atom. The molecule has 2 rings (SSSR count). The third-order valence-corrected chi connectivity index (χ3v) is 6.42. The number of nitrogens with zero attached hydrogens (tertiary/aromatic N) is 1. The second kappa shape index (κ2) is 16.8. The first-order valence-electron chi connectivity index (χ1n) is 12.2. The number of benzene rings is 2. The molecule has 11 nitrogen and oxygen atoms in total. The van der Waals surface area contributed by atoms with Crippen molar-refractivity contribution in [3.63, 3.8) is 0 Å². The van der Waals surface area contributed by atoms with Crippen molar-refractivity contribution >= 4 is 31.3 Å². The number of fused-ring (bicyclic) bond motifs is 1. The van der Waals surface area contributed by atoms with E-state index in [-0.39, 0.29) is 25.4 Å². The number of hydrogen-bond acceptors (Lipinski definition) is 10. The van der Waals surface area contributed by atoms with Gasteiger partial charge in [-0.2, -0.15) is 0 Å². The van der Waals surface area contributed by atoms with Crippen LogP contribution in [-0.4, -0.2) is 50.1 Å². The van der Waals surface area contributed by atoms with E-state index in [4.69, 9.17) is 23.0 Å². The number of hydrogen-bond donors (Lipinski definition) is 0. The van der Waals surface area contributed by atoms with E-state index in [0.717, 1.165) is 22.8 Å². The number of carbonyl (C=O) groups excluding carboxylic acids is 2. The standard InChI is InChI=1S/C25H34NO10P/c1-4-33-37(34-5-2)35-16-7-6-14-31-25(28)19(3)20-10-11-22-18-23(13-12-21(22)17-20)36-24(27)9-8-15-32-26(29)30/h10-13,17-19H,4-9,14-16H2,1-3H3. The molecule has 1 unspecified atom stereocenters. The maximum atomic E-state index is 12.5. The molecule has 0 aliphatic rings. The number of esters is 2. The van der Waals surface area contributed by atoms with Gasteiger partial charge in [0.05, 0.1) is 39.0 Å². The Morgan fingerprint density at radius 3 is 2.30 bits per heavy atom. The number of ether oxygens (including phenoxy) is 2. The molecule has 0 saturated heterocycles. The van der Waals surface area contributed by atoms with Crippen LogP contribution in [0.25, 0.3) is 10.8 Å². The number of carbonyl (C=O) groups is 2. The smallest absolute Gasteiger partial charge is 0.332 e. The first-order valence-corrected chi connectivity index (χ1v) is 13.3. The van der Waals surface area contributed by atoms with E-state index in [2.05, 4.69) is 4.84 Å². The van der Waals surface area contributed by atoms with Gasteiger partial charge in [0.1, 0.15) is 5.75 Å². The van der Waals surface area contributed by atoms with Crippen molar-refractivity contribution < 1.29 is 42.6 Å². The minimum atomic E-state index is -1.32. The fraction of sp³-hybridized carbons (Fsp3) is 0.520. The predicted molar refractivity (Wildman–Crippen MR) is 136 cm³/mol. The van der Waals surface area contributed by atoms with Crippen molar-refractivity contribution in [1.82, 2.24) is 0 Å². The normalized spacial score (nSPS) is 11.9. The molecule has 0 spiro atoms. The summed E-state index contributed by atoms with van der Waals surface area (Å²) in [6, 6.07) is 10.8. The Balaban J connectivity index is 1.78. The molecule has 1 atom stereocenters. The molecule has 0 saturated carbocycles. The van der Waals surface area contributed by atoms with Crippen LogP contribution in [0.15, 0.2) is 36.4 Å². The van der Waals surface area contributed by atoms with Crippen LogP contribution in [0.1, 0.15) is 57.9 Å². The lowest BCUT2D eigenvalue weighted by atomic mass is 9.98. The minimum Gasteiger partial charge on any atom is -0.465 e. The monoisotopic (exact) mass is 539 g/mol. The van der Waals surface area contributed by atoms with E-state index in [1.165, 1.54) is 0 Å². The topological polar surface area (TPSA) is 133 Å². The van der Waals surface area contributed by atoms with Crippen LogP contribution in [0.2, 0.25) is 0 Å². The minimum absolute atomic E-state index is 0.000659. The first-order chi connectivity index (χ1) is 17.8. The van der Waals surface area contributed by atoms with Gasteiger partial charge < -0.3 is 27.9 Å². The molecule has 0 N–H and O–H groups in total. The van der Waals surface area contributed by atoms with Crippen LogP contribution in [0.4, 0.5) is 0 Å². The van der Waals surface area contributed by atoms with Crippen LogP contribution in [-0.2, 0) is 32.7 Å². The molecule has 0 radical (unpaired) electrons. The largest absolute Gasteiger partial charge is 0.465 e. The molecule has 2 aromatic rings. The van der Waals surface area contributed by atoms with Crippen molar-refractivity contribution in [2.24, 2.45) is 0 Å². The van der Waals surface area contributed by atoms with Gasteiger partial charge >= 0.3 is 20.5 Å². The van der Waals surface area contributed by atoms with Crippen molar-refractivity contribution in [2.45, 2.75) is 52.4 Å². The zero-order chi connectivity index (χ0) is 27.0. The van der Waals surface area contributed by atoms with Gasteiger partial charge in [0.25, 0.3) is 5.09 Å². The average Bonchev–Trinajstić information content (AvgIpc) is 2.87. The summed E-state index contributed by atoms with van der Waals surface area (Å²) in [5.41, 5.74) is 0.815. The highest BCUT2D eigenvalue weighted by Gasteiger charge is 2.17. The van der Waals surface area contributed by atoms with Crippen LogP contribution in [0.3, 0.4) is 0 Å². The Labute approximate surface area is 217 Å². The van der Waals surface area contributed by atoms with Gasteiger partial charge in [-0.05, 0) is 68.5 Å². The summed E-state index contributed by atoms with van der Waals surface area (Å²) >= 11 is 0. The van der Waals surface area contributed by atoms with Gasteiger partial charge in [-0.3, -0.25) is 9.59 Å². The van der Waals surface area contributed by atoms with E-state index in [1.807, 2.05) is 32.0 Å². The lowest BCUT2D eigenvalue weighted by molar-refractivity contribution is -0.757. The summed E-state index contributed by atoms with van der Waals surface area (Å²) in [5.74, 6) is -0.886. The van der Waals surface area contributed by atoms with Crippen molar-refractivity contribution in [3.8, 4) is 5.75 Å². The van der Waals surface area contributed by atoms with Gasteiger partial charge in [-0.1, -0.05) is 24.3 Å². The highest BCUT2D eigenvalue weighted by molar-refractivity contribution is 7.41. The Morgan fingerprint density at radius 1 is 0.919 bits per heavy atom. The molecule has 0 aliphatic heterocycles. The lowest BCUT2D eigenvalue weighted by Crippen LogP contribution is -2.14. The predicted octanol–water partition coefficient (Wildman–Crippen LogP) is 5.48. The molecule has 0 amide bonds. The molecule has 204 valence electrons. The van der Waals surface area contributed by atoms with Crippen molar-refractivity contribution in [3.05, 3.63) is 52.1 Å². The summed E-state index contributed by atoms with van der Waals surface area (Å²) in [6.07, 6.45) is 1.57. The summed E-state index contributed by atoms with van der Waals surface area (Å²) < 4.78 is 27.1. The third kappa shape index (κ3) is 11.4. The summed E-state index contributed by atoms with van der Waals surface area (Å²) in [6.45, 7) is 7.21. The second-order valence-electron chi connectivity index (χ2n) is 7.89. The molecule has 0 fully saturated rings. The zero-order valence-corrected chi connectivity index (χ0v) is 22.3. The van der Waals surface area contributed by atoms with Gasteiger partial charge in [0, 0.05) is 6.42 Å². The highest BCUT2D eigenvalue weighted by atomic mass is 31.2. The third-order valence-electron chi connectivity index (χ3n) is 5.09. The van der Waals surface area contributed by atoms with Crippen molar-refractivity contribution in [2.75, 3.05) is 33.0 Å². The molecule has 37 heavy (non-hydrogen) atoms. The van der Waals surface area contributed by atoms with Crippen LogP contribution >= 0.6 is 8.60 Å². The quantitative estimate of drug-likeness (QED) is 0.0599. The maximum Gasteiger partial charge on any atom is 0.332 e. The van der Waals surface area contributed by atoms with E-state index in [0.29, 0.717) is 38.6 Å². The summed E-state index contributed by atoms with van der Waals surface area (Å²) in [7, 11) is -1.32. The van der Waals surface area contributed by atoms with E-state index in [1.54, 1.807) is 25.1 Å². The summed E-state index contributed by atoms with van der Waals surface area (Å²) in [4.78, 5) is 38.7. The van der Waals surface area contributed by atoms with Gasteiger partial charge in [-0.15, -0.1) is 10.1 Å². The zero-order valence-electron chi connectivity index (χ0n) is 21.4. The number of rotatable bonds is 18. The molecule has 12 heteroatoms. The highest BCUT2D eigenvalue weighted by Crippen LogP contribution is 2.39. The molecule has 0 bridgehead atoms. The lowest BCUT2D eigenvalue weighted by Gasteiger charge is -2.15. The molecular formula is C25H34NO10P. The Kier molecular flexibility index (Phi) is 13.8. The maximum absolute atomic E-state index is 12.5. The van der Waals surface area contributed by atoms with Gasteiger partial charge in [0.2, 0.25) is 0 Å². The van der Waals surface area contributed by atoms with Crippen LogP contribution in [0, 0.1) is 10.1 Å². The summed E-state index contributed by atoms with van der Waals surface area (Å²) in [5, 5.41) is 11.0. The second-order valence-corrected chi connectivity index (χ2v) is 9.11. The molecule has 0 heterocycles. The van der Waals surface area contributed by atoms with Crippen LogP contribution < -0.4 is 4.74 Å². The average molecular weight is 540 g/mol. The van der Waals surface area contributed by atoms with Gasteiger partial charge in [-0.25, -0.2) is 0 Å². The van der Waals surface area contributed by atoms with Crippen molar-refractivity contribution in [1.29, 1.82) is 0 Å². The molecule has 0 aromatic heterocycles. The Hall–Kier alpha value is -2.85. The number of unbranched alkanes of at least 4 members (excludes halogenated alkanes) is 1. The fourth-order valence-electron chi connectivity index (χ4n) is 3.21. The molecular weight excluding hydrogens is 505 g/mol. The molecule has 2 aromatic carbocycles. The SMILES string of the molecule is CCOP(OCC)OCCCCOC(=O)C(C)c1ccc2cc(OC(=O)CCCO[N+](=O)[O-])ccc2c1. The van der Waals surface area contributed by atoms with E-state index >= 15 is 0 Å². The van der Waals surface area contributed by atoms with E-state index < -0.39 is 25.6 Å². The fourth-order valence-corrected chi connectivity index (χ4v) is 4.14. The Bertz CT molecular complexity index is 1010. The first kappa shape index (κ1) is 30.4. The van der Waals surface area contributed by atoms with E-state index in [9.17, 15) is 19.7 Å². The van der Waals surface area contributed by atoms with Gasteiger partial charge in [0.15, 0.2) is 0 Å².